The zero-order valence-electron chi connectivity index (χ0n) is 11.8. The zero-order chi connectivity index (χ0) is 15.4. The van der Waals surface area contributed by atoms with Crippen LogP contribution in [0.15, 0.2) is 24.3 Å². The summed E-state index contributed by atoms with van der Waals surface area (Å²) in [6.07, 6.45) is 0.552. The molecule has 1 aromatic rings. The van der Waals surface area contributed by atoms with Gasteiger partial charge in [0.15, 0.2) is 0 Å². The predicted octanol–water partition coefficient (Wildman–Crippen LogP) is 1.44. The van der Waals surface area contributed by atoms with E-state index < -0.39 is 11.9 Å². The van der Waals surface area contributed by atoms with Crippen LogP contribution in [0.4, 0.5) is 5.69 Å². The van der Waals surface area contributed by atoms with Gasteiger partial charge in [0.2, 0.25) is 11.8 Å². The van der Waals surface area contributed by atoms with Gasteiger partial charge in [0, 0.05) is 32.1 Å². The topological polar surface area (TPSA) is 86.7 Å². The number of carboxylic acid groups (broad SMARTS) is 1. The van der Waals surface area contributed by atoms with Crippen molar-refractivity contribution in [3.63, 3.8) is 0 Å². The van der Waals surface area contributed by atoms with Gasteiger partial charge in [0.05, 0.1) is 5.92 Å². The van der Waals surface area contributed by atoms with Crippen LogP contribution in [0.25, 0.3) is 0 Å². The second-order valence-corrected chi connectivity index (χ2v) is 5.15. The first kappa shape index (κ1) is 15.0. The second-order valence-electron chi connectivity index (χ2n) is 5.15. The Hall–Kier alpha value is -2.37. The third kappa shape index (κ3) is 3.59. The number of amides is 2. The van der Waals surface area contributed by atoms with Crippen LogP contribution in [-0.2, 0) is 14.4 Å². The minimum atomic E-state index is -0.877. The van der Waals surface area contributed by atoms with Crippen LogP contribution in [0.2, 0.25) is 0 Å². The highest BCUT2D eigenvalue weighted by Crippen LogP contribution is 2.33. The Labute approximate surface area is 122 Å². The maximum absolute atomic E-state index is 12.5. The molecule has 1 aromatic carbocycles. The first-order chi connectivity index (χ1) is 9.99. The Morgan fingerprint density at radius 2 is 2.10 bits per heavy atom. The van der Waals surface area contributed by atoms with Crippen molar-refractivity contribution in [2.75, 3.05) is 18.9 Å². The Balaban J connectivity index is 2.08. The molecule has 21 heavy (non-hydrogen) atoms. The van der Waals surface area contributed by atoms with Crippen LogP contribution in [0.5, 0.6) is 0 Å². The van der Waals surface area contributed by atoms with E-state index in [2.05, 4.69) is 5.32 Å². The quantitative estimate of drug-likeness (QED) is 0.859. The van der Waals surface area contributed by atoms with Gasteiger partial charge in [0.25, 0.3) is 0 Å². The number of fused-ring (bicyclic) bond motifs is 1. The highest BCUT2D eigenvalue weighted by Gasteiger charge is 2.32. The zero-order valence-corrected chi connectivity index (χ0v) is 11.8. The molecule has 0 bridgehead atoms. The number of nitrogens with one attached hydrogen (secondary N) is 1. The highest BCUT2D eigenvalue weighted by atomic mass is 16.4. The molecule has 1 atom stereocenters. The third-order valence-corrected chi connectivity index (χ3v) is 3.56. The molecule has 1 unspecified atom stereocenters. The van der Waals surface area contributed by atoms with Crippen LogP contribution >= 0.6 is 0 Å². The number of hydrogen-bond donors (Lipinski definition) is 2. The van der Waals surface area contributed by atoms with Gasteiger partial charge in [-0.3, -0.25) is 14.4 Å². The number of nitrogens with zero attached hydrogens (tertiary/aromatic N) is 1. The fourth-order valence-electron chi connectivity index (χ4n) is 2.48. The number of carbonyl (C=O) groups excluding carboxylic acids is 2. The smallest absolute Gasteiger partial charge is 0.303 e. The Kier molecular flexibility index (Phi) is 4.57. The van der Waals surface area contributed by atoms with Gasteiger partial charge in [-0.25, -0.2) is 0 Å². The standard InChI is InChI=1S/C15H18N2O4/c1-17(8-4-7-14(19)20)15(21)11-9-13(18)16-12-6-3-2-5-10(11)12/h2-3,5-6,11H,4,7-9H2,1H3,(H,16,18)(H,19,20). The van der Waals surface area contributed by atoms with Gasteiger partial charge >= 0.3 is 5.97 Å². The van der Waals surface area contributed by atoms with Crippen molar-refractivity contribution in [1.29, 1.82) is 0 Å². The van der Waals surface area contributed by atoms with Gasteiger partial charge < -0.3 is 15.3 Å². The number of carbonyl (C=O) groups is 3. The van der Waals surface area contributed by atoms with Gasteiger partial charge in [0.1, 0.15) is 0 Å². The van der Waals surface area contributed by atoms with Crippen LogP contribution in [0.1, 0.15) is 30.7 Å². The van der Waals surface area contributed by atoms with Crippen LogP contribution in [-0.4, -0.2) is 41.4 Å². The number of hydrogen-bond acceptors (Lipinski definition) is 3. The first-order valence-corrected chi connectivity index (χ1v) is 6.84. The Morgan fingerprint density at radius 1 is 1.38 bits per heavy atom. The number of para-hydroxylation sites is 1. The summed E-state index contributed by atoms with van der Waals surface area (Å²) >= 11 is 0. The van der Waals surface area contributed by atoms with Gasteiger partial charge in [-0.1, -0.05) is 18.2 Å². The minimum absolute atomic E-state index is 0.0271. The highest BCUT2D eigenvalue weighted by molar-refractivity contribution is 6.01. The van der Waals surface area contributed by atoms with Crippen molar-refractivity contribution >= 4 is 23.5 Å². The molecule has 112 valence electrons. The average molecular weight is 290 g/mol. The van der Waals surface area contributed by atoms with Crippen molar-refractivity contribution in [2.24, 2.45) is 0 Å². The van der Waals surface area contributed by atoms with Gasteiger partial charge in [-0.05, 0) is 18.1 Å². The van der Waals surface area contributed by atoms with Crippen molar-refractivity contribution < 1.29 is 19.5 Å². The lowest BCUT2D eigenvalue weighted by Gasteiger charge is -2.28. The van der Waals surface area contributed by atoms with E-state index in [9.17, 15) is 14.4 Å². The normalized spacial score (nSPS) is 16.8. The molecule has 0 aromatic heterocycles. The summed E-state index contributed by atoms with van der Waals surface area (Å²) in [5.74, 6) is -1.70. The SMILES string of the molecule is CN(CCCC(=O)O)C(=O)C1CC(=O)Nc2ccccc21. The van der Waals surface area contributed by atoms with E-state index >= 15 is 0 Å². The molecule has 0 spiro atoms. The van der Waals surface area contributed by atoms with Crippen molar-refractivity contribution in [3.8, 4) is 0 Å². The molecule has 1 aliphatic rings. The number of benzene rings is 1. The van der Waals surface area contributed by atoms with E-state index in [1.807, 2.05) is 18.2 Å². The number of carboxylic acids is 1. The summed E-state index contributed by atoms with van der Waals surface area (Å²) in [6.45, 7) is 0.366. The molecule has 0 saturated heterocycles. The monoisotopic (exact) mass is 290 g/mol. The summed E-state index contributed by atoms with van der Waals surface area (Å²) in [7, 11) is 1.64. The molecule has 6 heteroatoms. The Morgan fingerprint density at radius 3 is 2.81 bits per heavy atom. The third-order valence-electron chi connectivity index (χ3n) is 3.56. The van der Waals surface area contributed by atoms with E-state index in [1.165, 1.54) is 4.90 Å². The van der Waals surface area contributed by atoms with E-state index in [0.29, 0.717) is 18.7 Å². The van der Waals surface area contributed by atoms with Crippen molar-refractivity contribution in [1.82, 2.24) is 4.90 Å². The lowest BCUT2D eigenvalue weighted by molar-refractivity contribution is -0.138. The Bertz CT molecular complexity index is 571. The second kappa shape index (κ2) is 6.39. The van der Waals surface area contributed by atoms with Gasteiger partial charge in [-0.2, -0.15) is 0 Å². The summed E-state index contributed by atoms with van der Waals surface area (Å²) in [6, 6.07) is 7.25. The molecule has 0 aliphatic carbocycles. The number of anilines is 1. The molecule has 2 rings (SSSR count). The van der Waals surface area contributed by atoms with E-state index in [0.717, 1.165) is 5.56 Å². The summed E-state index contributed by atoms with van der Waals surface area (Å²) in [5, 5.41) is 11.4. The molecule has 0 radical (unpaired) electrons. The van der Waals surface area contributed by atoms with E-state index in [4.69, 9.17) is 5.11 Å². The first-order valence-electron chi connectivity index (χ1n) is 6.84. The molecule has 1 aliphatic heterocycles. The molecule has 2 N–H and O–H groups in total. The maximum Gasteiger partial charge on any atom is 0.303 e. The summed E-state index contributed by atoms with van der Waals surface area (Å²) in [5.41, 5.74) is 1.48. The molecule has 6 nitrogen and oxygen atoms in total. The molecule has 0 saturated carbocycles. The largest absolute Gasteiger partial charge is 0.481 e. The number of aliphatic carboxylic acids is 1. The molecular formula is C15H18N2O4. The summed E-state index contributed by atoms with van der Waals surface area (Å²) < 4.78 is 0. The maximum atomic E-state index is 12.5. The fourth-order valence-corrected chi connectivity index (χ4v) is 2.48. The predicted molar refractivity (Wildman–Crippen MR) is 76.9 cm³/mol. The van der Waals surface area contributed by atoms with E-state index in [-0.39, 0.29) is 24.7 Å². The van der Waals surface area contributed by atoms with Crippen LogP contribution in [0, 0.1) is 0 Å². The van der Waals surface area contributed by atoms with Crippen LogP contribution in [0.3, 0.4) is 0 Å². The molecular weight excluding hydrogens is 272 g/mol. The number of likely N-dealkylation sites (N-methyl/N-ethyl adjacent to an activating group) is 1. The van der Waals surface area contributed by atoms with Crippen molar-refractivity contribution in [3.05, 3.63) is 29.8 Å². The number of rotatable bonds is 5. The average Bonchev–Trinajstić information content (AvgIpc) is 2.45. The molecule has 1 heterocycles. The van der Waals surface area contributed by atoms with Crippen molar-refractivity contribution in [2.45, 2.75) is 25.2 Å². The van der Waals surface area contributed by atoms with Crippen LogP contribution < -0.4 is 5.32 Å². The minimum Gasteiger partial charge on any atom is -0.481 e. The molecule has 0 fully saturated rings. The van der Waals surface area contributed by atoms with E-state index in [1.54, 1.807) is 13.1 Å². The lowest BCUT2D eigenvalue weighted by Crippen LogP contribution is -2.37. The molecule has 2 amide bonds. The lowest BCUT2D eigenvalue weighted by atomic mass is 9.89. The fraction of sp³-hybridized carbons (Fsp3) is 0.400. The van der Waals surface area contributed by atoms with Gasteiger partial charge in [-0.15, -0.1) is 0 Å². The summed E-state index contributed by atoms with van der Waals surface area (Å²) in [4.78, 5) is 36.2.